The molecule has 0 saturated carbocycles. The van der Waals surface area contributed by atoms with Crippen molar-refractivity contribution in [1.82, 2.24) is 45.8 Å². The Morgan fingerprint density at radius 2 is 1.71 bits per heavy atom. The summed E-state index contributed by atoms with van der Waals surface area (Å²) in [5.74, 6) is -1.84. The van der Waals surface area contributed by atoms with E-state index in [2.05, 4.69) is 62.9 Å². The zero-order chi connectivity index (χ0) is 39.4. The average molecular weight is 774 g/mol. The Kier molecular flexibility index (Phi) is 9.05. The van der Waals surface area contributed by atoms with Gasteiger partial charge in [0.1, 0.15) is 17.1 Å². The van der Waals surface area contributed by atoms with E-state index in [1.807, 2.05) is 18.2 Å². The van der Waals surface area contributed by atoms with Gasteiger partial charge in [-0.3, -0.25) is 29.8 Å². The van der Waals surface area contributed by atoms with E-state index in [1.165, 1.54) is 17.0 Å². The number of rotatable bonds is 10. The number of aromatic amines is 1. The quantitative estimate of drug-likeness (QED) is 0.169. The van der Waals surface area contributed by atoms with E-state index < -0.39 is 35.2 Å². The summed E-state index contributed by atoms with van der Waals surface area (Å²) in [6, 6.07) is 13.7. The fraction of sp³-hybridized carbons (Fsp3) is 0.351. The number of H-pyrrole nitrogens is 1. The Hall–Kier alpha value is -6.24. The van der Waals surface area contributed by atoms with Crippen LogP contribution >= 0.6 is 0 Å². The molecule has 0 aliphatic carbocycles. The number of hydrogen-bond acceptors (Lipinski definition) is 11. The second-order valence-corrected chi connectivity index (χ2v) is 14.9. The Labute approximate surface area is 316 Å². The maximum atomic E-state index is 15.0. The van der Waals surface area contributed by atoms with Gasteiger partial charge in [-0.15, -0.1) is 0 Å². The number of imide groups is 1. The summed E-state index contributed by atoms with van der Waals surface area (Å²) in [5, 5.41) is 14.7. The van der Waals surface area contributed by atoms with Crippen LogP contribution in [0.2, 0.25) is 0 Å². The molecule has 3 saturated heterocycles. The number of nitrogens with zero attached hydrogens (tertiary/aromatic N) is 8. The number of alkyl halides is 3. The number of likely N-dealkylation sites (tertiary alicyclic amines) is 1. The summed E-state index contributed by atoms with van der Waals surface area (Å²) in [6.45, 7) is 6.16. The van der Waals surface area contributed by atoms with Crippen molar-refractivity contribution in [2.24, 2.45) is 5.41 Å². The lowest BCUT2D eigenvalue weighted by Crippen LogP contribution is -2.71. The van der Waals surface area contributed by atoms with Crippen molar-refractivity contribution in [1.29, 1.82) is 0 Å². The molecule has 4 amide bonds. The molecular weight excluding hydrogens is 738 g/mol. The van der Waals surface area contributed by atoms with E-state index in [0.29, 0.717) is 0 Å². The minimum atomic E-state index is -4.55. The molecule has 15 nitrogen and oxygen atoms in total. The first kappa shape index (κ1) is 36.7. The summed E-state index contributed by atoms with van der Waals surface area (Å²) in [6.07, 6.45) is -1.14. The highest BCUT2D eigenvalue weighted by molar-refractivity contribution is 6.05. The first-order valence-corrected chi connectivity index (χ1v) is 17.7. The van der Waals surface area contributed by atoms with Gasteiger partial charge in [0.15, 0.2) is 17.3 Å². The summed E-state index contributed by atoms with van der Waals surface area (Å²) in [7, 11) is 0. The molecule has 3 aliphatic heterocycles. The van der Waals surface area contributed by atoms with Crippen LogP contribution in [0, 0.1) is 11.2 Å². The van der Waals surface area contributed by atoms with Crippen LogP contribution in [0.1, 0.15) is 48.0 Å². The van der Waals surface area contributed by atoms with E-state index in [-0.39, 0.29) is 59.6 Å². The topological polar surface area (TPSA) is 178 Å². The maximum Gasteiger partial charge on any atom is 0.401 e. The number of urea groups is 1. The van der Waals surface area contributed by atoms with E-state index in [4.69, 9.17) is 4.52 Å². The fourth-order valence-electron chi connectivity index (χ4n) is 7.06. The maximum absolute atomic E-state index is 15.0. The molecule has 0 bridgehead atoms. The third-order valence-electron chi connectivity index (χ3n) is 10.3. The first-order chi connectivity index (χ1) is 26.7. The van der Waals surface area contributed by atoms with Gasteiger partial charge in [0, 0.05) is 80.8 Å². The van der Waals surface area contributed by atoms with Crippen LogP contribution in [0.4, 0.5) is 33.7 Å². The lowest BCUT2D eigenvalue weighted by molar-refractivity contribution is -0.182. The largest absolute Gasteiger partial charge is 0.401 e. The van der Waals surface area contributed by atoms with Crippen LogP contribution in [0.15, 0.2) is 65.4 Å². The van der Waals surface area contributed by atoms with Gasteiger partial charge in [-0.05, 0) is 43.2 Å². The SMILES string of the molecule is CC(C)(c1n[nH]c(CNC(=O)c2cc(-c3ncc(-c4ccc(CN5CC6(C5)CN(c5ccc(N7CCC(=O)NC7=O)c(F)c5)C6)cc4)cn3)no2)n1)C(F)(F)F. The number of nitrogens with one attached hydrogen (secondary N) is 3. The number of halogens is 4. The van der Waals surface area contributed by atoms with Gasteiger partial charge in [-0.2, -0.15) is 18.3 Å². The minimum Gasteiger partial charge on any atom is -0.370 e. The van der Waals surface area contributed by atoms with E-state index in [9.17, 15) is 31.9 Å². The van der Waals surface area contributed by atoms with Crippen molar-refractivity contribution < 1.29 is 36.5 Å². The minimum absolute atomic E-state index is 0.0425. The number of hydrogen-bond donors (Lipinski definition) is 3. The normalized spacial score (nSPS) is 17.1. The zero-order valence-corrected chi connectivity index (χ0v) is 30.2. The number of amides is 4. The predicted molar refractivity (Wildman–Crippen MR) is 191 cm³/mol. The second-order valence-electron chi connectivity index (χ2n) is 14.9. The predicted octanol–water partition coefficient (Wildman–Crippen LogP) is 4.59. The molecule has 2 aromatic carbocycles. The molecule has 1 spiro atoms. The molecule has 3 aliphatic rings. The lowest BCUT2D eigenvalue weighted by Gasteiger charge is -2.61. The Balaban J connectivity index is 0.797. The van der Waals surface area contributed by atoms with Crippen molar-refractivity contribution in [3.05, 3.63) is 89.7 Å². The summed E-state index contributed by atoms with van der Waals surface area (Å²) in [4.78, 5) is 54.6. The molecule has 0 atom stereocenters. The number of aromatic nitrogens is 6. The summed E-state index contributed by atoms with van der Waals surface area (Å²) < 4.78 is 60.0. The molecule has 56 heavy (non-hydrogen) atoms. The molecule has 8 rings (SSSR count). The molecule has 0 radical (unpaired) electrons. The van der Waals surface area contributed by atoms with Gasteiger partial charge < -0.3 is 14.7 Å². The molecule has 6 heterocycles. The van der Waals surface area contributed by atoms with Gasteiger partial charge in [0.2, 0.25) is 11.7 Å². The van der Waals surface area contributed by atoms with Gasteiger partial charge in [-0.1, -0.05) is 29.4 Å². The molecule has 3 fully saturated rings. The molecule has 19 heteroatoms. The average Bonchev–Trinajstić information content (AvgIpc) is 3.83. The summed E-state index contributed by atoms with van der Waals surface area (Å²) >= 11 is 0. The van der Waals surface area contributed by atoms with E-state index in [0.717, 1.165) is 68.9 Å². The van der Waals surface area contributed by atoms with Gasteiger partial charge in [0.05, 0.1) is 12.2 Å². The van der Waals surface area contributed by atoms with Crippen molar-refractivity contribution in [2.45, 2.75) is 44.9 Å². The highest BCUT2D eigenvalue weighted by Gasteiger charge is 2.52. The number of anilines is 2. The smallest absolute Gasteiger partial charge is 0.370 e. The van der Waals surface area contributed by atoms with Gasteiger partial charge >= 0.3 is 12.2 Å². The second kappa shape index (κ2) is 13.8. The van der Waals surface area contributed by atoms with E-state index >= 15 is 0 Å². The Morgan fingerprint density at radius 1 is 0.982 bits per heavy atom. The van der Waals surface area contributed by atoms with Crippen molar-refractivity contribution in [3.63, 3.8) is 0 Å². The fourth-order valence-corrected chi connectivity index (χ4v) is 7.06. The molecule has 5 aromatic rings. The highest BCUT2D eigenvalue weighted by atomic mass is 19.4. The number of carbonyl (C=O) groups is 3. The molecule has 3 N–H and O–H groups in total. The van der Waals surface area contributed by atoms with Crippen molar-refractivity contribution >= 4 is 29.2 Å². The molecular formula is C37H35F4N11O4. The zero-order valence-electron chi connectivity index (χ0n) is 30.2. The molecule has 3 aromatic heterocycles. The Morgan fingerprint density at radius 3 is 2.39 bits per heavy atom. The van der Waals surface area contributed by atoms with Gasteiger partial charge in [0.25, 0.3) is 5.91 Å². The van der Waals surface area contributed by atoms with E-state index in [1.54, 1.807) is 18.5 Å². The third kappa shape index (κ3) is 7.04. The van der Waals surface area contributed by atoms with Crippen LogP contribution in [-0.4, -0.2) is 92.0 Å². The summed E-state index contributed by atoms with van der Waals surface area (Å²) in [5.41, 5.74) is 1.89. The van der Waals surface area contributed by atoms with Crippen molar-refractivity contribution in [2.75, 3.05) is 42.5 Å². The number of benzene rings is 2. The van der Waals surface area contributed by atoms with Crippen LogP contribution in [0.3, 0.4) is 0 Å². The monoisotopic (exact) mass is 773 g/mol. The van der Waals surface area contributed by atoms with Crippen LogP contribution in [0.5, 0.6) is 0 Å². The molecule has 0 unspecified atom stereocenters. The van der Waals surface area contributed by atoms with Crippen LogP contribution in [-0.2, 0) is 23.3 Å². The van der Waals surface area contributed by atoms with Crippen LogP contribution in [0.25, 0.3) is 22.6 Å². The first-order valence-electron chi connectivity index (χ1n) is 17.7. The highest BCUT2D eigenvalue weighted by Crippen LogP contribution is 2.43. The van der Waals surface area contributed by atoms with Gasteiger partial charge in [-0.25, -0.2) is 24.1 Å². The standard InChI is InChI=1S/C37H35F4N11O4/c1-35(2,37(39,40)41)33-45-29(47-48-33)15-44-32(54)28-12-26(49-56-28)31-42-13-23(14-43-31)22-5-3-21(4-6-22)16-50-17-36(18-50)19-51(20-36)24-7-8-27(25(38)11-24)52-10-9-30(53)46-34(52)55/h3-8,11-14H,9-10,15-20H2,1-2H3,(H,44,54)(H,45,47,48)(H,46,53,55). The number of carbonyl (C=O) groups excluding carboxylic acids is 3. The van der Waals surface area contributed by atoms with Crippen LogP contribution < -0.4 is 20.4 Å². The lowest BCUT2D eigenvalue weighted by atomic mass is 9.72. The Bertz CT molecular complexity index is 2290. The van der Waals surface area contributed by atoms with Crippen molar-refractivity contribution in [3.8, 4) is 22.6 Å². The molecule has 290 valence electrons. The third-order valence-corrected chi connectivity index (χ3v) is 10.3.